The van der Waals surface area contributed by atoms with E-state index in [1.54, 1.807) is 0 Å². The maximum atomic E-state index is 11.1. The lowest BCUT2D eigenvalue weighted by molar-refractivity contribution is -0.141. The van der Waals surface area contributed by atoms with Gasteiger partial charge in [0.2, 0.25) is 11.8 Å². The molecule has 6 nitrogen and oxygen atoms in total. The molecule has 14 heavy (non-hydrogen) atoms. The molecule has 0 heterocycles. The predicted molar refractivity (Wildman–Crippen MR) is 48.6 cm³/mol. The molecule has 0 aromatic rings. The van der Waals surface area contributed by atoms with E-state index < -0.39 is 17.9 Å². The first kappa shape index (κ1) is 12.4. The molecule has 0 aliphatic heterocycles. The summed E-state index contributed by atoms with van der Waals surface area (Å²) in [6.07, 6.45) is 0. The van der Waals surface area contributed by atoms with Gasteiger partial charge in [-0.2, -0.15) is 0 Å². The average molecular weight is 202 g/mol. The Morgan fingerprint density at radius 1 is 1.43 bits per heavy atom. The number of carbonyl (C=O) groups is 3. The highest BCUT2D eigenvalue weighted by Gasteiger charge is 2.15. The van der Waals surface area contributed by atoms with Crippen molar-refractivity contribution in [1.82, 2.24) is 10.2 Å². The number of rotatable bonds is 4. The van der Waals surface area contributed by atoms with E-state index in [0.29, 0.717) is 0 Å². The van der Waals surface area contributed by atoms with Crippen LogP contribution in [0, 0.1) is 0 Å². The van der Waals surface area contributed by atoms with E-state index in [9.17, 15) is 14.4 Å². The molecule has 0 radical (unpaired) electrons. The fraction of sp³-hybridized carbons (Fsp3) is 0.625. The molecule has 2 amide bonds. The van der Waals surface area contributed by atoms with Gasteiger partial charge in [0.15, 0.2) is 0 Å². The lowest BCUT2D eigenvalue weighted by Crippen LogP contribution is -2.44. The summed E-state index contributed by atoms with van der Waals surface area (Å²) in [5, 5.41) is 10.7. The highest BCUT2D eigenvalue weighted by atomic mass is 16.4. The molecule has 0 saturated carbocycles. The molecule has 0 bridgehead atoms. The van der Waals surface area contributed by atoms with Crippen molar-refractivity contribution in [2.24, 2.45) is 0 Å². The smallest absolute Gasteiger partial charge is 0.325 e. The number of carbonyl (C=O) groups excluding carboxylic acids is 2. The van der Waals surface area contributed by atoms with E-state index in [4.69, 9.17) is 5.11 Å². The molecule has 0 unspecified atom stereocenters. The molecule has 0 aliphatic carbocycles. The second-order valence-electron chi connectivity index (χ2n) is 3.00. The van der Waals surface area contributed by atoms with Crippen LogP contribution in [0.15, 0.2) is 0 Å². The third-order valence-electron chi connectivity index (χ3n) is 1.67. The summed E-state index contributed by atoms with van der Waals surface area (Å²) in [4.78, 5) is 33.4. The number of likely N-dealkylation sites (N-methyl/N-ethyl adjacent to an activating group) is 1. The molecular weight excluding hydrogens is 188 g/mol. The van der Waals surface area contributed by atoms with Crippen LogP contribution in [0.1, 0.15) is 13.8 Å². The Labute approximate surface area is 81.9 Å². The Bertz CT molecular complexity index is 228. The van der Waals surface area contributed by atoms with E-state index in [1.807, 2.05) is 0 Å². The zero-order valence-electron chi connectivity index (χ0n) is 8.40. The van der Waals surface area contributed by atoms with E-state index >= 15 is 0 Å². The predicted octanol–water partition coefficient (Wildman–Crippen LogP) is -0.946. The van der Waals surface area contributed by atoms with Gasteiger partial charge < -0.3 is 15.3 Å². The van der Waals surface area contributed by atoms with Gasteiger partial charge in [0.25, 0.3) is 0 Å². The van der Waals surface area contributed by atoms with Crippen molar-refractivity contribution in [3.8, 4) is 0 Å². The van der Waals surface area contributed by atoms with E-state index in [1.165, 1.54) is 25.8 Å². The summed E-state index contributed by atoms with van der Waals surface area (Å²) >= 11 is 0. The maximum Gasteiger partial charge on any atom is 0.325 e. The van der Waals surface area contributed by atoms with Crippen LogP contribution >= 0.6 is 0 Å². The Balaban J connectivity index is 3.99. The summed E-state index contributed by atoms with van der Waals surface area (Å²) in [5.41, 5.74) is 0. The number of nitrogens with zero attached hydrogens (tertiary/aromatic N) is 1. The van der Waals surface area contributed by atoms with E-state index in [2.05, 4.69) is 5.32 Å². The first-order valence-electron chi connectivity index (χ1n) is 4.08. The molecule has 0 aromatic heterocycles. The molecule has 0 aliphatic rings. The minimum atomic E-state index is -1.11. The number of amides is 2. The number of carboxylic acid groups (broad SMARTS) is 1. The van der Waals surface area contributed by atoms with Crippen LogP contribution in [0.4, 0.5) is 0 Å². The molecule has 80 valence electrons. The summed E-state index contributed by atoms with van der Waals surface area (Å²) in [6, 6.07) is -0.942. The van der Waals surface area contributed by atoms with Gasteiger partial charge in [-0.3, -0.25) is 14.4 Å². The summed E-state index contributed by atoms with van der Waals surface area (Å²) in [5.74, 6) is -1.84. The first-order chi connectivity index (χ1) is 6.34. The Morgan fingerprint density at radius 2 is 1.93 bits per heavy atom. The quantitative estimate of drug-likeness (QED) is 0.615. The second-order valence-corrected chi connectivity index (χ2v) is 3.00. The van der Waals surface area contributed by atoms with Crippen LogP contribution < -0.4 is 5.32 Å². The maximum absolute atomic E-state index is 11.1. The Hall–Kier alpha value is -1.59. The van der Waals surface area contributed by atoms with Crippen LogP contribution in [0.5, 0.6) is 0 Å². The topological polar surface area (TPSA) is 86.7 Å². The number of hydrogen-bond donors (Lipinski definition) is 2. The lowest BCUT2D eigenvalue weighted by Gasteiger charge is -2.15. The van der Waals surface area contributed by atoms with E-state index in [0.717, 1.165) is 0 Å². The molecule has 0 saturated heterocycles. The number of aliphatic carboxylic acids is 1. The molecular formula is C8H14N2O4. The monoisotopic (exact) mass is 202 g/mol. The van der Waals surface area contributed by atoms with Gasteiger partial charge in [-0.15, -0.1) is 0 Å². The van der Waals surface area contributed by atoms with Gasteiger partial charge >= 0.3 is 5.97 Å². The van der Waals surface area contributed by atoms with Crippen LogP contribution in [-0.4, -0.2) is 47.4 Å². The van der Waals surface area contributed by atoms with Crippen LogP contribution in [-0.2, 0) is 14.4 Å². The molecule has 2 N–H and O–H groups in total. The SMILES string of the molecule is CC(=O)N(C)CC(=O)N[C@@H](C)C(=O)O. The molecule has 6 heteroatoms. The minimum Gasteiger partial charge on any atom is -0.480 e. The van der Waals surface area contributed by atoms with Crippen molar-refractivity contribution in [2.75, 3.05) is 13.6 Å². The molecule has 0 rings (SSSR count). The van der Waals surface area contributed by atoms with Crippen LogP contribution in [0.3, 0.4) is 0 Å². The minimum absolute atomic E-state index is 0.132. The molecule has 1 atom stereocenters. The average Bonchev–Trinajstić information content (AvgIpc) is 2.03. The van der Waals surface area contributed by atoms with Crippen LogP contribution in [0.25, 0.3) is 0 Å². The van der Waals surface area contributed by atoms with Crippen molar-refractivity contribution < 1.29 is 19.5 Å². The normalized spacial score (nSPS) is 11.6. The Kier molecular flexibility index (Phi) is 4.62. The summed E-state index contributed by atoms with van der Waals surface area (Å²) in [7, 11) is 1.47. The fourth-order valence-corrected chi connectivity index (χ4v) is 0.676. The third kappa shape index (κ3) is 4.44. The Morgan fingerprint density at radius 3 is 2.29 bits per heavy atom. The van der Waals surface area contributed by atoms with Gasteiger partial charge in [-0.25, -0.2) is 0 Å². The highest BCUT2D eigenvalue weighted by Crippen LogP contribution is 1.86. The first-order valence-corrected chi connectivity index (χ1v) is 4.08. The van der Waals surface area contributed by atoms with Gasteiger partial charge in [-0.05, 0) is 6.92 Å². The van der Waals surface area contributed by atoms with Crippen LogP contribution in [0.2, 0.25) is 0 Å². The molecule has 0 aromatic carbocycles. The zero-order chi connectivity index (χ0) is 11.3. The third-order valence-corrected chi connectivity index (χ3v) is 1.67. The van der Waals surface area contributed by atoms with Gasteiger partial charge in [0.1, 0.15) is 6.04 Å². The van der Waals surface area contributed by atoms with Gasteiger partial charge in [0.05, 0.1) is 6.54 Å². The standard InChI is InChI=1S/C8H14N2O4/c1-5(8(13)14)9-7(12)4-10(3)6(2)11/h5H,4H2,1-3H3,(H,9,12)(H,13,14)/t5-/m0/s1. The number of carboxylic acids is 1. The summed E-state index contributed by atoms with van der Waals surface area (Å²) < 4.78 is 0. The highest BCUT2D eigenvalue weighted by molar-refractivity contribution is 5.87. The number of hydrogen-bond acceptors (Lipinski definition) is 3. The number of nitrogens with one attached hydrogen (secondary N) is 1. The largest absolute Gasteiger partial charge is 0.480 e. The van der Waals surface area contributed by atoms with Crippen molar-refractivity contribution in [2.45, 2.75) is 19.9 Å². The molecule has 0 fully saturated rings. The second kappa shape index (κ2) is 5.21. The van der Waals surface area contributed by atoms with Crippen molar-refractivity contribution in [3.05, 3.63) is 0 Å². The fourth-order valence-electron chi connectivity index (χ4n) is 0.676. The van der Waals surface area contributed by atoms with Gasteiger partial charge in [-0.1, -0.05) is 0 Å². The van der Waals surface area contributed by atoms with Crippen molar-refractivity contribution >= 4 is 17.8 Å². The van der Waals surface area contributed by atoms with Gasteiger partial charge in [0, 0.05) is 14.0 Å². The van der Waals surface area contributed by atoms with Crippen molar-refractivity contribution in [3.63, 3.8) is 0 Å². The lowest BCUT2D eigenvalue weighted by atomic mass is 10.3. The summed E-state index contributed by atoms with van der Waals surface area (Å²) in [6.45, 7) is 2.55. The molecule has 0 spiro atoms. The van der Waals surface area contributed by atoms with E-state index in [-0.39, 0.29) is 12.5 Å². The zero-order valence-corrected chi connectivity index (χ0v) is 8.40. The van der Waals surface area contributed by atoms with Crippen molar-refractivity contribution in [1.29, 1.82) is 0 Å².